The number of nitrogens with two attached hydrogens (primary N) is 1. The number of ether oxygens (including phenoxy) is 1. The number of nitrogens with one attached hydrogen (secondary N) is 1. The van der Waals surface area contributed by atoms with E-state index >= 15 is 0 Å². The highest BCUT2D eigenvalue weighted by atomic mass is 35.5. The third-order valence-electron chi connectivity index (χ3n) is 3.93. The van der Waals surface area contributed by atoms with Crippen LogP contribution in [0.15, 0.2) is 23.1 Å². The Labute approximate surface area is 141 Å². The van der Waals surface area contributed by atoms with E-state index in [1.54, 1.807) is 0 Å². The minimum atomic E-state index is -3.83. The Bertz CT molecular complexity index is 668. The van der Waals surface area contributed by atoms with Gasteiger partial charge in [0.25, 0.3) is 0 Å². The Morgan fingerprint density at radius 1 is 1.43 bits per heavy atom. The van der Waals surface area contributed by atoms with Gasteiger partial charge in [-0.2, -0.15) is 0 Å². The van der Waals surface area contributed by atoms with Gasteiger partial charge >= 0.3 is 5.69 Å². The molecule has 0 bridgehead atoms. The highest BCUT2D eigenvalue weighted by Crippen LogP contribution is 2.31. The smallest absolute Gasteiger partial charge is 0.312 e. The average molecular weight is 366 g/mol. The second-order valence-electron chi connectivity index (χ2n) is 5.25. The summed E-state index contributed by atoms with van der Waals surface area (Å²) < 4.78 is 32.3. The summed E-state index contributed by atoms with van der Waals surface area (Å²) in [5, 5.41) is 11.0. The fraction of sp³-hybridized carbons (Fsp3) is 0.538. The van der Waals surface area contributed by atoms with E-state index in [1.807, 2.05) is 0 Å². The summed E-state index contributed by atoms with van der Waals surface area (Å²) in [5.41, 5.74) is 5.26. The van der Waals surface area contributed by atoms with Crippen molar-refractivity contribution in [3.8, 4) is 5.75 Å². The van der Waals surface area contributed by atoms with Gasteiger partial charge in [-0.25, -0.2) is 13.1 Å². The Balaban J connectivity index is 0.00000264. The van der Waals surface area contributed by atoms with Crippen LogP contribution in [0.5, 0.6) is 5.75 Å². The summed E-state index contributed by atoms with van der Waals surface area (Å²) in [7, 11) is -2.54. The molecule has 0 spiro atoms. The van der Waals surface area contributed by atoms with Crippen molar-refractivity contribution in [3.63, 3.8) is 0 Å². The minimum Gasteiger partial charge on any atom is -0.490 e. The molecule has 10 heteroatoms. The standard InChI is InChI=1S/C13H19N3O5S.ClH/c1-21-13-6-5-10(7-12(13)16(17)18)22(19,20)15-11-4-2-3-9(11)8-14;/h5-7,9,11,15H,2-4,8,14H2,1H3;1H. The van der Waals surface area contributed by atoms with E-state index < -0.39 is 14.9 Å². The molecule has 1 aliphatic carbocycles. The number of nitro benzene ring substituents is 1. The molecule has 1 fully saturated rings. The summed E-state index contributed by atoms with van der Waals surface area (Å²) in [4.78, 5) is 10.2. The van der Waals surface area contributed by atoms with Crippen LogP contribution in [0.2, 0.25) is 0 Å². The van der Waals surface area contributed by atoms with Crippen molar-refractivity contribution in [2.45, 2.75) is 30.2 Å². The van der Waals surface area contributed by atoms with Gasteiger partial charge in [0.1, 0.15) is 0 Å². The number of hydrogen-bond donors (Lipinski definition) is 2. The molecule has 23 heavy (non-hydrogen) atoms. The molecular weight excluding hydrogens is 346 g/mol. The fourth-order valence-electron chi connectivity index (χ4n) is 2.72. The number of hydrogen-bond acceptors (Lipinski definition) is 6. The first kappa shape index (κ1) is 19.6. The van der Waals surface area contributed by atoms with Crippen LogP contribution in [0.4, 0.5) is 5.69 Å². The maximum atomic E-state index is 12.4. The van der Waals surface area contributed by atoms with Gasteiger partial charge in [-0.15, -0.1) is 12.4 Å². The van der Waals surface area contributed by atoms with Crippen LogP contribution in [-0.4, -0.2) is 33.0 Å². The van der Waals surface area contributed by atoms with Gasteiger partial charge in [0.15, 0.2) is 5.75 Å². The van der Waals surface area contributed by atoms with Crippen molar-refractivity contribution in [2.24, 2.45) is 11.7 Å². The normalized spacial score (nSPS) is 20.8. The van der Waals surface area contributed by atoms with Gasteiger partial charge in [0.05, 0.1) is 16.9 Å². The van der Waals surface area contributed by atoms with E-state index in [-0.39, 0.29) is 40.7 Å². The van der Waals surface area contributed by atoms with E-state index in [9.17, 15) is 18.5 Å². The van der Waals surface area contributed by atoms with Crippen LogP contribution in [0.3, 0.4) is 0 Å². The summed E-state index contributed by atoms with van der Waals surface area (Å²) >= 11 is 0. The van der Waals surface area contributed by atoms with Crippen molar-refractivity contribution in [3.05, 3.63) is 28.3 Å². The first-order valence-corrected chi connectivity index (χ1v) is 8.42. The van der Waals surface area contributed by atoms with Crippen molar-refractivity contribution in [1.82, 2.24) is 4.72 Å². The third kappa shape index (κ3) is 4.31. The molecule has 1 aliphatic rings. The zero-order chi connectivity index (χ0) is 16.3. The predicted molar refractivity (Wildman–Crippen MR) is 87.4 cm³/mol. The van der Waals surface area contributed by atoms with Crippen molar-refractivity contribution >= 4 is 28.1 Å². The summed E-state index contributed by atoms with van der Waals surface area (Å²) in [6.45, 7) is 0.413. The molecule has 0 aliphatic heterocycles. The van der Waals surface area contributed by atoms with Crippen LogP contribution in [0.25, 0.3) is 0 Å². The van der Waals surface area contributed by atoms with E-state index in [0.717, 1.165) is 25.3 Å². The number of nitrogens with zero attached hydrogens (tertiary/aromatic N) is 1. The number of rotatable bonds is 6. The van der Waals surface area contributed by atoms with Crippen molar-refractivity contribution in [1.29, 1.82) is 0 Å². The molecule has 3 N–H and O–H groups in total. The van der Waals surface area contributed by atoms with Crippen molar-refractivity contribution < 1.29 is 18.1 Å². The summed E-state index contributed by atoms with van der Waals surface area (Å²) in [6, 6.07) is 3.35. The first-order valence-electron chi connectivity index (χ1n) is 6.94. The molecule has 8 nitrogen and oxygen atoms in total. The van der Waals surface area contributed by atoms with E-state index in [2.05, 4.69) is 4.72 Å². The van der Waals surface area contributed by atoms with Gasteiger partial charge in [-0.05, 0) is 37.4 Å². The van der Waals surface area contributed by atoms with Gasteiger partial charge in [-0.1, -0.05) is 6.42 Å². The molecule has 2 atom stereocenters. The Kier molecular flexibility index (Phi) is 6.75. The zero-order valence-corrected chi connectivity index (χ0v) is 14.2. The lowest BCUT2D eigenvalue weighted by Crippen LogP contribution is -2.39. The average Bonchev–Trinajstić information content (AvgIpc) is 2.92. The molecule has 130 valence electrons. The van der Waals surface area contributed by atoms with Gasteiger partial charge in [-0.3, -0.25) is 10.1 Å². The Hall–Kier alpha value is -1.42. The molecule has 0 radical (unpaired) electrons. The molecule has 1 aromatic rings. The van der Waals surface area contributed by atoms with Gasteiger partial charge in [0.2, 0.25) is 10.0 Å². The molecule has 2 rings (SSSR count). The lowest BCUT2D eigenvalue weighted by Gasteiger charge is -2.19. The predicted octanol–water partition coefficient (Wildman–Crippen LogP) is 1.43. The maximum absolute atomic E-state index is 12.4. The van der Waals surface area contributed by atoms with E-state index in [4.69, 9.17) is 10.5 Å². The highest BCUT2D eigenvalue weighted by molar-refractivity contribution is 7.89. The largest absolute Gasteiger partial charge is 0.490 e. The molecular formula is C13H20ClN3O5S. The molecule has 1 aromatic carbocycles. The first-order chi connectivity index (χ1) is 10.4. The molecule has 0 saturated heterocycles. The number of halogens is 1. The maximum Gasteiger partial charge on any atom is 0.312 e. The SMILES string of the molecule is COc1ccc(S(=O)(=O)NC2CCCC2CN)cc1[N+](=O)[O-].Cl. The van der Waals surface area contributed by atoms with Crippen LogP contribution < -0.4 is 15.2 Å². The molecule has 0 heterocycles. The number of sulfonamides is 1. The topological polar surface area (TPSA) is 125 Å². The minimum absolute atomic E-state index is 0. The second-order valence-corrected chi connectivity index (χ2v) is 6.96. The second kappa shape index (κ2) is 7.91. The van der Waals surface area contributed by atoms with Crippen LogP contribution in [0, 0.1) is 16.0 Å². The van der Waals surface area contributed by atoms with Crippen LogP contribution >= 0.6 is 12.4 Å². The highest BCUT2D eigenvalue weighted by Gasteiger charge is 2.31. The Morgan fingerprint density at radius 3 is 2.70 bits per heavy atom. The zero-order valence-electron chi connectivity index (χ0n) is 12.6. The van der Waals surface area contributed by atoms with E-state index in [1.165, 1.54) is 19.2 Å². The lowest BCUT2D eigenvalue weighted by atomic mass is 10.1. The number of methoxy groups -OCH3 is 1. The number of benzene rings is 1. The molecule has 1 saturated carbocycles. The van der Waals surface area contributed by atoms with Crippen molar-refractivity contribution in [2.75, 3.05) is 13.7 Å². The van der Waals surface area contributed by atoms with E-state index in [0.29, 0.717) is 6.54 Å². The Morgan fingerprint density at radius 2 is 2.13 bits per heavy atom. The third-order valence-corrected chi connectivity index (χ3v) is 5.41. The monoisotopic (exact) mass is 365 g/mol. The molecule has 0 aromatic heterocycles. The molecule has 0 amide bonds. The van der Waals surface area contributed by atoms with Gasteiger partial charge < -0.3 is 10.5 Å². The van der Waals surface area contributed by atoms with Crippen LogP contribution in [0.1, 0.15) is 19.3 Å². The van der Waals surface area contributed by atoms with Gasteiger partial charge in [0, 0.05) is 12.1 Å². The van der Waals surface area contributed by atoms with Crippen LogP contribution in [-0.2, 0) is 10.0 Å². The summed E-state index contributed by atoms with van der Waals surface area (Å²) in [5.74, 6) is 0.118. The lowest BCUT2D eigenvalue weighted by molar-refractivity contribution is -0.386. The quantitative estimate of drug-likeness (QED) is 0.580. The fourth-order valence-corrected chi connectivity index (χ4v) is 4.08. The number of nitro groups is 1. The molecule has 2 unspecified atom stereocenters. The summed E-state index contributed by atoms with van der Waals surface area (Å²) in [6.07, 6.45) is 2.52.